The Labute approximate surface area is 61.6 Å². The Kier molecular flexibility index (Phi) is 1.66. The minimum absolute atomic E-state index is 0.00106. The van der Waals surface area contributed by atoms with Gasteiger partial charge in [-0.25, -0.2) is 0 Å². The third kappa shape index (κ3) is 1.06. The monoisotopic (exact) mass is 141 g/mol. The second kappa shape index (κ2) is 2.51. The molecule has 2 rings (SSSR count). The third-order valence-electron chi connectivity index (χ3n) is 2.93. The van der Waals surface area contributed by atoms with E-state index >= 15 is 0 Å². The predicted octanol–water partition coefficient (Wildman–Crippen LogP) is 0.367. The molecule has 0 radical (unpaired) electrons. The Morgan fingerprint density at radius 2 is 1.90 bits per heavy atom. The number of fused-ring (bicyclic) bond motifs is 1. The fourth-order valence-electron chi connectivity index (χ4n) is 2.27. The van der Waals surface area contributed by atoms with Gasteiger partial charge in [0.2, 0.25) is 0 Å². The Morgan fingerprint density at radius 1 is 1.10 bits per heavy atom. The van der Waals surface area contributed by atoms with Gasteiger partial charge in [-0.1, -0.05) is 0 Å². The normalized spacial score (nSPS) is 47.1. The van der Waals surface area contributed by atoms with Crippen LogP contribution in [0.2, 0.25) is 0 Å². The highest BCUT2D eigenvalue weighted by atomic mass is 16.3. The van der Waals surface area contributed by atoms with E-state index in [4.69, 9.17) is 0 Å². The van der Waals surface area contributed by atoms with Gasteiger partial charge in [0.1, 0.15) is 0 Å². The van der Waals surface area contributed by atoms with Gasteiger partial charge in [0.05, 0.1) is 6.10 Å². The molecule has 2 heteroatoms. The topological polar surface area (TPSA) is 32.3 Å². The van der Waals surface area contributed by atoms with E-state index in [-0.39, 0.29) is 6.10 Å². The van der Waals surface area contributed by atoms with Crippen molar-refractivity contribution in [1.82, 2.24) is 5.32 Å². The van der Waals surface area contributed by atoms with Crippen molar-refractivity contribution >= 4 is 0 Å². The van der Waals surface area contributed by atoms with Crippen LogP contribution in [0.25, 0.3) is 0 Å². The third-order valence-corrected chi connectivity index (χ3v) is 2.93. The van der Waals surface area contributed by atoms with E-state index in [2.05, 4.69) is 5.32 Å². The second-order valence-corrected chi connectivity index (χ2v) is 3.65. The Bertz CT molecular complexity index is 126. The summed E-state index contributed by atoms with van der Waals surface area (Å²) in [4.78, 5) is 0. The van der Waals surface area contributed by atoms with Crippen molar-refractivity contribution < 1.29 is 5.11 Å². The molecule has 0 amide bonds. The first-order valence-corrected chi connectivity index (χ1v) is 4.25. The molecule has 2 fully saturated rings. The maximum atomic E-state index is 9.33. The number of rotatable bonds is 0. The van der Waals surface area contributed by atoms with Gasteiger partial charge in [-0.15, -0.1) is 0 Å². The summed E-state index contributed by atoms with van der Waals surface area (Å²) in [6, 6.07) is 0. The highest BCUT2D eigenvalue weighted by molar-refractivity contribution is 4.87. The molecule has 1 aliphatic heterocycles. The SMILES string of the molecule is O[C@@H]1CC[C@@H]2CNC[C@H]2C1. The maximum absolute atomic E-state index is 9.33. The van der Waals surface area contributed by atoms with Crippen LogP contribution in [0.4, 0.5) is 0 Å². The molecule has 10 heavy (non-hydrogen) atoms. The number of hydrogen-bond acceptors (Lipinski definition) is 2. The highest BCUT2D eigenvalue weighted by Crippen LogP contribution is 2.32. The van der Waals surface area contributed by atoms with E-state index < -0.39 is 0 Å². The van der Waals surface area contributed by atoms with E-state index in [1.54, 1.807) is 0 Å². The van der Waals surface area contributed by atoms with Crippen LogP contribution in [-0.4, -0.2) is 24.3 Å². The number of hydrogen-bond donors (Lipinski definition) is 2. The summed E-state index contributed by atoms with van der Waals surface area (Å²) in [6.45, 7) is 2.33. The van der Waals surface area contributed by atoms with E-state index in [0.717, 1.165) is 31.2 Å². The van der Waals surface area contributed by atoms with Gasteiger partial charge in [-0.2, -0.15) is 0 Å². The summed E-state index contributed by atoms with van der Waals surface area (Å²) in [5, 5.41) is 12.7. The van der Waals surface area contributed by atoms with Gasteiger partial charge >= 0.3 is 0 Å². The first kappa shape index (κ1) is 6.62. The molecule has 2 N–H and O–H groups in total. The van der Waals surface area contributed by atoms with E-state index in [0.29, 0.717) is 0 Å². The largest absolute Gasteiger partial charge is 0.393 e. The summed E-state index contributed by atoms with van der Waals surface area (Å²) >= 11 is 0. The molecular weight excluding hydrogens is 126 g/mol. The van der Waals surface area contributed by atoms with Crippen LogP contribution < -0.4 is 5.32 Å². The van der Waals surface area contributed by atoms with Crippen molar-refractivity contribution in [1.29, 1.82) is 0 Å². The molecule has 2 nitrogen and oxygen atoms in total. The molecule has 1 saturated heterocycles. The van der Waals surface area contributed by atoms with Crippen LogP contribution in [0, 0.1) is 11.8 Å². The lowest BCUT2D eigenvalue weighted by molar-refractivity contribution is 0.0867. The van der Waals surface area contributed by atoms with E-state index in [1.807, 2.05) is 0 Å². The minimum atomic E-state index is 0.00106. The summed E-state index contributed by atoms with van der Waals surface area (Å²) in [5.41, 5.74) is 0. The fourth-order valence-corrected chi connectivity index (χ4v) is 2.27. The van der Waals surface area contributed by atoms with Gasteiger partial charge < -0.3 is 10.4 Å². The molecule has 2 aliphatic rings. The Balaban J connectivity index is 1.96. The average Bonchev–Trinajstić information content (AvgIpc) is 2.33. The molecule has 0 aromatic heterocycles. The van der Waals surface area contributed by atoms with Gasteiger partial charge in [0, 0.05) is 0 Å². The van der Waals surface area contributed by atoms with Crippen LogP contribution in [-0.2, 0) is 0 Å². The van der Waals surface area contributed by atoms with Gasteiger partial charge in [0.15, 0.2) is 0 Å². The van der Waals surface area contributed by atoms with Crippen molar-refractivity contribution in [2.24, 2.45) is 11.8 Å². The Hall–Kier alpha value is -0.0800. The molecule has 1 heterocycles. The zero-order valence-corrected chi connectivity index (χ0v) is 6.21. The summed E-state index contributed by atoms with van der Waals surface area (Å²) in [7, 11) is 0. The van der Waals surface area contributed by atoms with Crippen molar-refractivity contribution in [3.63, 3.8) is 0 Å². The number of aliphatic hydroxyl groups excluding tert-OH is 1. The van der Waals surface area contributed by atoms with Crippen LogP contribution >= 0.6 is 0 Å². The number of aliphatic hydroxyl groups is 1. The highest BCUT2D eigenvalue weighted by Gasteiger charge is 2.32. The average molecular weight is 141 g/mol. The van der Waals surface area contributed by atoms with Gasteiger partial charge in [-0.05, 0) is 44.2 Å². The first-order chi connectivity index (χ1) is 4.86. The summed E-state index contributed by atoms with van der Waals surface area (Å²) in [6.07, 6.45) is 3.31. The van der Waals surface area contributed by atoms with Crippen LogP contribution in [0.3, 0.4) is 0 Å². The van der Waals surface area contributed by atoms with E-state index in [1.165, 1.54) is 13.0 Å². The molecule has 1 saturated carbocycles. The lowest BCUT2D eigenvalue weighted by atomic mass is 9.80. The number of nitrogens with one attached hydrogen (secondary N) is 1. The van der Waals surface area contributed by atoms with Crippen molar-refractivity contribution in [3.05, 3.63) is 0 Å². The lowest BCUT2D eigenvalue weighted by Crippen LogP contribution is -2.26. The molecule has 0 spiro atoms. The molecule has 0 aromatic carbocycles. The lowest BCUT2D eigenvalue weighted by Gasteiger charge is -2.27. The maximum Gasteiger partial charge on any atom is 0.0543 e. The van der Waals surface area contributed by atoms with Crippen molar-refractivity contribution in [3.8, 4) is 0 Å². The molecule has 1 aliphatic carbocycles. The molecule has 0 aromatic rings. The Morgan fingerprint density at radius 3 is 2.80 bits per heavy atom. The van der Waals surface area contributed by atoms with Crippen LogP contribution in [0.1, 0.15) is 19.3 Å². The van der Waals surface area contributed by atoms with Crippen LogP contribution in [0.5, 0.6) is 0 Å². The zero-order valence-electron chi connectivity index (χ0n) is 6.21. The first-order valence-electron chi connectivity index (χ1n) is 4.25. The summed E-state index contributed by atoms with van der Waals surface area (Å²) in [5.74, 6) is 1.66. The fraction of sp³-hybridized carbons (Fsp3) is 1.00. The molecule has 0 unspecified atom stereocenters. The molecule has 3 atom stereocenters. The minimum Gasteiger partial charge on any atom is -0.393 e. The van der Waals surface area contributed by atoms with Gasteiger partial charge in [-0.3, -0.25) is 0 Å². The van der Waals surface area contributed by atoms with Crippen LogP contribution in [0.15, 0.2) is 0 Å². The van der Waals surface area contributed by atoms with Crippen molar-refractivity contribution in [2.45, 2.75) is 25.4 Å². The molecule has 58 valence electrons. The molecule has 0 bridgehead atoms. The standard InChI is InChI=1S/C8H15NO/c10-8-2-1-6-4-9-5-7(6)3-8/h6-10H,1-5H2/t6-,7-,8-/m1/s1. The zero-order chi connectivity index (χ0) is 6.97. The second-order valence-electron chi connectivity index (χ2n) is 3.65. The molecular formula is C8H15NO. The van der Waals surface area contributed by atoms with E-state index in [9.17, 15) is 5.11 Å². The summed E-state index contributed by atoms with van der Waals surface area (Å²) < 4.78 is 0. The van der Waals surface area contributed by atoms with Gasteiger partial charge in [0.25, 0.3) is 0 Å². The smallest absolute Gasteiger partial charge is 0.0543 e. The quantitative estimate of drug-likeness (QED) is 0.510. The predicted molar refractivity (Wildman–Crippen MR) is 39.7 cm³/mol. The van der Waals surface area contributed by atoms with Crippen molar-refractivity contribution in [2.75, 3.05) is 13.1 Å².